The van der Waals surface area contributed by atoms with E-state index in [9.17, 15) is 9.18 Å². The molecular formula is C7H11FN2O. The number of halogens is 1. The Morgan fingerprint density at radius 1 is 1.27 bits per heavy atom. The molecule has 1 rings (SSSR count). The molecule has 0 fully saturated rings. The normalized spacial score (nSPS) is 12.0. The van der Waals surface area contributed by atoms with E-state index >= 15 is 0 Å². The molecule has 2 N–H and O–H groups in total. The van der Waals surface area contributed by atoms with Gasteiger partial charge in [-0.05, 0) is 0 Å². The number of H-pyrrole nitrogens is 2. The lowest BCUT2D eigenvalue weighted by Crippen LogP contribution is -2.15. The fraction of sp³-hybridized carbons (Fsp3) is 0.571. The minimum Gasteiger partial charge on any atom is -0.299 e. The molecule has 0 aromatic carbocycles. The van der Waals surface area contributed by atoms with Crippen LogP contribution in [0.4, 0.5) is 4.39 Å². The summed E-state index contributed by atoms with van der Waals surface area (Å²) in [6, 6.07) is 0. The molecule has 0 radical (unpaired) electrons. The standard InChI is InChI=1S/C7H11FN2O/c1-7(2,3)5-4(8)6(11)10-9-5/h1-3H3,(H2,9,10,11). The van der Waals surface area contributed by atoms with Crippen LogP contribution in [-0.4, -0.2) is 10.2 Å². The van der Waals surface area contributed by atoms with Crippen molar-refractivity contribution in [3.8, 4) is 0 Å². The van der Waals surface area contributed by atoms with Gasteiger partial charge in [-0.1, -0.05) is 20.8 Å². The van der Waals surface area contributed by atoms with Gasteiger partial charge >= 0.3 is 0 Å². The van der Waals surface area contributed by atoms with Crippen LogP contribution in [0, 0.1) is 5.82 Å². The van der Waals surface area contributed by atoms with Crippen molar-refractivity contribution >= 4 is 0 Å². The molecule has 0 amide bonds. The zero-order chi connectivity index (χ0) is 8.65. The summed E-state index contributed by atoms with van der Waals surface area (Å²) in [5, 5.41) is 4.69. The summed E-state index contributed by atoms with van der Waals surface area (Å²) in [5.74, 6) is -0.711. The van der Waals surface area contributed by atoms with Crippen LogP contribution in [0.15, 0.2) is 4.79 Å². The summed E-state index contributed by atoms with van der Waals surface area (Å²) in [4.78, 5) is 10.6. The van der Waals surface area contributed by atoms with E-state index in [0.717, 1.165) is 0 Å². The van der Waals surface area contributed by atoms with E-state index in [1.54, 1.807) is 0 Å². The van der Waals surface area contributed by atoms with Gasteiger partial charge in [0.25, 0.3) is 5.56 Å². The molecule has 0 bridgehead atoms. The second kappa shape index (κ2) is 2.22. The first kappa shape index (κ1) is 8.04. The predicted molar refractivity (Wildman–Crippen MR) is 40.1 cm³/mol. The minimum atomic E-state index is -0.711. The summed E-state index contributed by atoms with van der Waals surface area (Å²) in [6.07, 6.45) is 0. The molecule has 0 saturated heterocycles. The number of nitrogens with one attached hydrogen (secondary N) is 2. The van der Waals surface area contributed by atoms with Gasteiger partial charge in [0.2, 0.25) is 5.82 Å². The third-order valence-electron chi connectivity index (χ3n) is 1.47. The van der Waals surface area contributed by atoms with Gasteiger partial charge in [-0.15, -0.1) is 0 Å². The van der Waals surface area contributed by atoms with Crippen molar-refractivity contribution in [3.05, 3.63) is 21.9 Å². The van der Waals surface area contributed by atoms with Crippen molar-refractivity contribution in [2.75, 3.05) is 0 Å². The van der Waals surface area contributed by atoms with E-state index in [-0.39, 0.29) is 5.41 Å². The monoisotopic (exact) mass is 158 g/mol. The number of aromatic amines is 2. The van der Waals surface area contributed by atoms with Crippen LogP contribution >= 0.6 is 0 Å². The van der Waals surface area contributed by atoms with E-state index in [1.807, 2.05) is 20.8 Å². The van der Waals surface area contributed by atoms with Crippen LogP contribution in [-0.2, 0) is 5.41 Å². The molecule has 1 heterocycles. The number of hydrogen-bond donors (Lipinski definition) is 2. The van der Waals surface area contributed by atoms with Crippen molar-refractivity contribution in [2.24, 2.45) is 0 Å². The predicted octanol–water partition coefficient (Wildman–Crippen LogP) is 1.14. The molecule has 0 saturated carbocycles. The highest BCUT2D eigenvalue weighted by Gasteiger charge is 2.22. The highest BCUT2D eigenvalue weighted by Crippen LogP contribution is 2.19. The molecule has 0 aliphatic carbocycles. The van der Waals surface area contributed by atoms with Crippen molar-refractivity contribution in [1.29, 1.82) is 0 Å². The minimum absolute atomic E-state index is 0.322. The largest absolute Gasteiger partial charge is 0.300 e. The second-order valence-corrected chi connectivity index (χ2v) is 3.52. The van der Waals surface area contributed by atoms with Gasteiger partial charge in [-0.25, -0.2) is 0 Å². The summed E-state index contributed by atoms with van der Waals surface area (Å²) in [6.45, 7) is 5.49. The van der Waals surface area contributed by atoms with Crippen LogP contribution in [0.25, 0.3) is 0 Å². The zero-order valence-electron chi connectivity index (χ0n) is 6.79. The Hall–Kier alpha value is -1.06. The van der Waals surface area contributed by atoms with Gasteiger partial charge in [0.15, 0.2) is 0 Å². The molecule has 1 aromatic rings. The Morgan fingerprint density at radius 2 is 1.82 bits per heavy atom. The molecule has 1 aromatic heterocycles. The maximum Gasteiger partial charge on any atom is 0.300 e. The third-order valence-corrected chi connectivity index (χ3v) is 1.47. The SMILES string of the molecule is CC(C)(C)c1[nH][nH]c(=O)c1F. The lowest BCUT2D eigenvalue weighted by Gasteiger charge is -2.14. The molecule has 0 spiro atoms. The average molecular weight is 158 g/mol. The van der Waals surface area contributed by atoms with E-state index in [4.69, 9.17) is 0 Å². The lowest BCUT2D eigenvalue weighted by molar-refractivity contribution is 0.509. The first-order chi connectivity index (χ1) is 4.93. The lowest BCUT2D eigenvalue weighted by atomic mass is 9.92. The first-order valence-electron chi connectivity index (χ1n) is 3.39. The average Bonchev–Trinajstić information content (AvgIpc) is 2.11. The van der Waals surface area contributed by atoms with Crippen molar-refractivity contribution in [3.63, 3.8) is 0 Å². The zero-order valence-corrected chi connectivity index (χ0v) is 6.79. The summed E-state index contributed by atoms with van der Waals surface area (Å²) >= 11 is 0. The molecule has 11 heavy (non-hydrogen) atoms. The van der Waals surface area contributed by atoms with Crippen molar-refractivity contribution in [2.45, 2.75) is 26.2 Å². The Balaban J connectivity index is 3.26. The van der Waals surface area contributed by atoms with E-state index in [1.165, 1.54) is 0 Å². The van der Waals surface area contributed by atoms with Crippen LogP contribution in [0.5, 0.6) is 0 Å². The summed E-state index contributed by atoms with van der Waals surface area (Å²) in [7, 11) is 0. The van der Waals surface area contributed by atoms with Gasteiger partial charge < -0.3 is 0 Å². The van der Waals surface area contributed by atoms with Gasteiger partial charge in [-0.2, -0.15) is 4.39 Å². The van der Waals surface area contributed by atoms with Gasteiger partial charge in [0.05, 0.1) is 5.69 Å². The third kappa shape index (κ3) is 1.34. The quantitative estimate of drug-likeness (QED) is 0.584. The van der Waals surface area contributed by atoms with Gasteiger partial charge in [-0.3, -0.25) is 15.0 Å². The topological polar surface area (TPSA) is 48.6 Å². The highest BCUT2D eigenvalue weighted by molar-refractivity contribution is 5.12. The van der Waals surface area contributed by atoms with Crippen LogP contribution in [0.3, 0.4) is 0 Å². The molecular weight excluding hydrogens is 147 g/mol. The Bertz CT molecular complexity index is 305. The van der Waals surface area contributed by atoms with Gasteiger partial charge in [0, 0.05) is 5.41 Å². The molecule has 0 aliphatic rings. The maximum absolute atomic E-state index is 12.9. The van der Waals surface area contributed by atoms with Crippen LogP contribution < -0.4 is 5.56 Å². The molecule has 0 unspecified atom stereocenters. The first-order valence-corrected chi connectivity index (χ1v) is 3.39. The number of aromatic nitrogens is 2. The summed E-state index contributed by atoms with van der Waals surface area (Å²) in [5.41, 5.74) is -0.721. The molecule has 0 aliphatic heterocycles. The smallest absolute Gasteiger partial charge is 0.299 e. The molecule has 3 nitrogen and oxygen atoms in total. The van der Waals surface area contributed by atoms with E-state index in [2.05, 4.69) is 10.2 Å². The Labute approximate surface area is 63.6 Å². The molecule has 0 atom stereocenters. The fourth-order valence-electron chi connectivity index (χ4n) is 0.859. The summed E-state index contributed by atoms with van der Waals surface area (Å²) < 4.78 is 12.9. The van der Waals surface area contributed by atoms with Crippen LogP contribution in [0.2, 0.25) is 0 Å². The molecule has 4 heteroatoms. The van der Waals surface area contributed by atoms with Gasteiger partial charge in [0.1, 0.15) is 0 Å². The van der Waals surface area contributed by atoms with E-state index in [0.29, 0.717) is 5.69 Å². The van der Waals surface area contributed by atoms with Crippen LogP contribution in [0.1, 0.15) is 26.5 Å². The highest BCUT2D eigenvalue weighted by atomic mass is 19.1. The van der Waals surface area contributed by atoms with Crippen molar-refractivity contribution < 1.29 is 4.39 Å². The number of rotatable bonds is 0. The number of hydrogen-bond acceptors (Lipinski definition) is 1. The second-order valence-electron chi connectivity index (χ2n) is 3.52. The molecule has 62 valence electrons. The Morgan fingerprint density at radius 3 is 2.00 bits per heavy atom. The maximum atomic E-state index is 12.9. The van der Waals surface area contributed by atoms with E-state index < -0.39 is 11.4 Å². The Kier molecular flexibility index (Phi) is 1.62. The van der Waals surface area contributed by atoms with Crippen molar-refractivity contribution in [1.82, 2.24) is 10.2 Å². The fourth-order valence-corrected chi connectivity index (χ4v) is 0.859.